The zero-order valence-corrected chi connectivity index (χ0v) is 38.1. The first-order valence-corrected chi connectivity index (χ1v) is 22.1. The number of rotatable bonds is 17. The van der Waals surface area contributed by atoms with Crippen molar-refractivity contribution in [2.75, 3.05) is 25.1 Å². The van der Waals surface area contributed by atoms with Gasteiger partial charge in [0.2, 0.25) is 17.7 Å². The predicted octanol–water partition coefficient (Wildman–Crippen LogP) is 5.54. The van der Waals surface area contributed by atoms with Gasteiger partial charge in [-0.25, -0.2) is 9.59 Å². The highest BCUT2D eigenvalue weighted by molar-refractivity contribution is 5.96. The first-order valence-electron chi connectivity index (χ1n) is 22.1. The summed E-state index contributed by atoms with van der Waals surface area (Å²) in [6, 6.07) is 19.8. The zero-order valence-electron chi connectivity index (χ0n) is 38.1. The Bertz CT molecular complexity index is 1970. The Balaban J connectivity index is 1.57. The number of ether oxygens (including phenoxy) is 4. The Hall–Kier alpha value is -6.32. The lowest BCUT2D eigenvalue weighted by Gasteiger charge is -2.29. The highest BCUT2D eigenvalue weighted by Crippen LogP contribution is 2.19. The van der Waals surface area contributed by atoms with E-state index in [1.165, 1.54) is 0 Å². The van der Waals surface area contributed by atoms with Gasteiger partial charge in [0.05, 0.1) is 13.2 Å². The molecule has 64 heavy (non-hydrogen) atoms. The van der Waals surface area contributed by atoms with E-state index in [9.17, 15) is 28.8 Å². The standard InChI is InChI=1S/C48H66N6O10/c1-8-32(4)41(46(59)63-30-34-15-10-9-11-16-34)53-45(58)42(50-35-20-24-37(25-21-35)62-28-14-26-49-47(60)64-48(5,6)7)54-43(56)38-29-33-18-22-36(23-19-33)61-27-13-12-17-39(55)52-40(31(2)3)44(57)51-38/h9-11,15-16,18-25,31-32,38,40-42,50H,8,12-14,17,26-30H2,1-7H3,(H,49,60)(H,51,57)(H,52,55)(H,53,58)(H,54,56)/t32-,38-,40-,41-,42?/m0/s1. The van der Waals surface area contributed by atoms with E-state index in [2.05, 4.69) is 31.9 Å². The minimum Gasteiger partial charge on any atom is -0.494 e. The number of hydrogen-bond donors (Lipinski definition) is 6. The van der Waals surface area contributed by atoms with Gasteiger partial charge in [-0.1, -0.05) is 76.6 Å². The van der Waals surface area contributed by atoms with Gasteiger partial charge < -0.3 is 50.8 Å². The van der Waals surface area contributed by atoms with Crippen molar-refractivity contribution in [2.24, 2.45) is 11.8 Å². The molecule has 0 fully saturated rings. The monoisotopic (exact) mass is 886 g/mol. The fourth-order valence-electron chi connectivity index (χ4n) is 6.50. The summed E-state index contributed by atoms with van der Waals surface area (Å²) in [6.45, 7) is 13.7. The number of hydrogen-bond acceptors (Lipinski definition) is 11. The van der Waals surface area contributed by atoms with Crippen LogP contribution in [0.2, 0.25) is 0 Å². The third-order valence-electron chi connectivity index (χ3n) is 10.3. The van der Waals surface area contributed by atoms with Crippen LogP contribution < -0.4 is 41.4 Å². The van der Waals surface area contributed by atoms with Gasteiger partial charge in [-0.15, -0.1) is 0 Å². The molecule has 6 N–H and O–H groups in total. The molecule has 0 spiro atoms. The van der Waals surface area contributed by atoms with Gasteiger partial charge in [0.25, 0.3) is 5.91 Å². The van der Waals surface area contributed by atoms with Crippen LogP contribution in [0.5, 0.6) is 11.5 Å². The molecule has 16 nitrogen and oxygen atoms in total. The number of fused-ring (bicyclic) bond motifs is 13. The number of esters is 1. The van der Waals surface area contributed by atoms with E-state index in [-0.39, 0.29) is 37.2 Å². The van der Waals surface area contributed by atoms with Crippen molar-refractivity contribution in [2.45, 2.75) is 123 Å². The molecule has 2 bridgehead atoms. The van der Waals surface area contributed by atoms with Crippen molar-refractivity contribution in [3.63, 3.8) is 0 Å². The molecule has 5 rings (SSSR count). The van der Waals surface area contributed by atoms with E-state index in [4.69, 9.17) is 18.9 Å². The van der Waals surface area contributed by atoms with Crippen LogP contribution in [0.15, 0.2) is 78.9 Å². The predicted molar refractivity (Wildman–Crippen MR) is 242 cm³/mol. The van der Waals surface area contributed by atoms with Crippen molar-refractivity contribution in [3.05, 3.63) is 90.0 Å². The Labute approximate surface area is 376 Å². The molecule has 0 aromatic heterocycles. The molecular weight excluding hydrogens is 821 g/mol. The van der Waals surface area contributed by atoms with Gasteiger partial charge in [0.1, 0.15) is 41.8 Å². The number of amides is 5. The first-order chi connectivity index (χ1) is 30.5. The number of benzene rings is 3. The fraction of sp³-hybridized carbons (Fsp3) is 0.500. The molecule has 0 radical (unpaired) electrons. The van der Waals surface area contributed by atoms with Gasteiger partial charge in [-0.2, -0.15) is 0 Å². The average Bonchev–Trinajstić information content (AvgIpc) is 3.25. The Kier molecular flexibility index (Phi) is 19.7. The lowest BCUT2D eigenvalue weighted by Crippen LogP contribution is -2.61. The summed E-state index contributed by atoms with van der Waals surface area (Å²) in [5, 5.41) is 17.0. The summed E-state index contributed by atoms with van der Waals surface area (Å²) >= 11 is 0. The fourth-order valence-corrected chi connectivity index (χ4v) is 6.50. The third kappa shape index (κ3) is 17.4. The van der Waals surface area contributed by atoms with Crippen LogP contribution in [0.3, 0.4) is 0 Å². The second-order valence-electron chi connectivity index (χ2n) is 17.2. The highest BCUT2D eigenvalue weighted by atomic mass is 16.6. The zero-order chi connectivity index (χ0) is 46.6. The van der Waals surface area contributed by atoms with E-state index in [1.807, 2.05) is 44.2 Å². The molecule has 16 heteroatoms. The average molecular weight is 887 g/mol. The van der Waals surface area contributed by atoms with Crippen LogP contribution >= 0.6 is 0 Å². The van der Waals surface area contributed by atoms with Gasteiger partial charge >= 0.3 is 12.1 Å². The van der Waals surface area contributed by atoms with E-state index in [1.54, 1.807) is 83.1 Å². The van der Waals surface area contributed by atoms with Crippen molar-refractivity contribution in [1.29, 1.82) is 0 Å². The normalized spacial score (nSPS) is 17.3. The minimum absolute atomic E-state index is 0.00186. The molecule has 5 amide bonds. The third-order valence-corrected chi connectivity index (χ3v) is 10.3. The molecule has 348 valence electrons. The van der Waals surface area contributed by atoms with Crippen molar-refractivity contribution in [1.82, 2.24) is 26.6 Å². The second kappa shape index (κ2) is 25.1. The largest absolute Gasteiger partial charge is 0.494 e. The van der Waals surface area contributed by atoms with Crippen LogP contribution in [0, 0.1) is 11.8 Å². The van der Waals surface area contributed by atoms with Gasteiger partial charge in [0, 0.05) is 25.1 Å². The van der Waals surface area contributed by atoms with Gasteiger partial charge in [-0.3, -0.25) is 19.2 Å². The van der Waals surface area contributed by atoms with Gasteiger partial charge in [-0.05, 0) is 99.4 Å². The number of alkyl carbamates (subject to hydrolysis) is 1. The molecule has 5 atom stereocenters. The van der Waals surface area contributed by atoms with Crippen LogP contribution in [0.1, 0.15) is 91.7 Å². The van der Waals surface area contributed by atoms with Crippen LogP contribution in [0.25, 0.3) is 0 Å². The number of carbonyl (C=O) groups is 6. The maximum Gasteiger partial charge on any atom is 0.407 e. The maximum absolute atomic E-state index is 14.4. The van der Waals surface area contributed by atoms with Crippen LogP contribution in [0.4, 0.5) is 10.5 Å². The van der Waals surface area contributed by atoms with Gasteiger partial charge in [0.15, 0.2) is 6.17 Å². The lowest BCUT2D eigenvalue weighted by molar-refractivity contribution is -0.151. The minimum atomic E-state index is -1.46. The quantitative estimate of drug-likeness (QED) is 0.0563. The molecular formula is C48H66N6O10. The number of anilines is 1. The van der Waals surface area contributed by atoms with Crippen molar-refractivity contribution >= 4 is 41.4 Å². The summed E-state index contributed by atoms with van der Waals surface area (Å²) in [6.07, 6.45) is 0.513. The summed E-state index contributed by atoms with van der Waals surface area (Å²) in [5.41, 5.74) is 1.30. The molecule has 3 aromatic rings. The summed E-state index contributed by atoms with van der Waals surface area (Å²) in [5.74, 6) is -2.45. The number of carbonyl (C=O) groups excluding carboxylic acids is 6. The molecule has 0 saturated carbocycles. The Morgan fingerprint density at radius 1 is 0.875 bits per heavy atom. The summed E-state index contributed by atoms with van der Waals surface area (Å²) < 4.78 is 22.6. The lowest BCUT2D eigenvalue weighted by atomic mass is 9.99. The smallest absolute Gasteiger partial charge is 0.407 e. The van der Waals surface area contributed by atoms with Crippen molar-refractivity contribution < 1.29 is 47.7 Å². The maximum atomic E-state index is 14.4. The van der Waals surface area contributed by atoms with Crippen LogP contribution in [-0.4, -0.2) is 85.3 Å². The molecule has 2 heterocycles. The van der Waals surface area contributed by atoms with Crippen molar-refractivity contribution in [3.8, 4) is 11.5 Å². The summed E-state index contributed by atoms with van der Waals surface area (Å²) in [7, 11) is 0. The Morgan fingerprint density at radius 3 is 2.23 bits per heavy atom. The topological polar surface area (TPSA) is 212 Å². The highest BCUT2D eigenvalue weighted by Gasteiger charge is 2.34. The Morgan fingerprint density at radius 2 is 1.58 bits per heavy atom. The molecule has 1 unspecified atom stereocenters. The molecule has 3 aromatic carbocycles. The summed E-state index contributed by atoms with van der Waals surface area (Å²) in [4.78, 5) is 81.1. The number of nitrogens with one attached hydrogen (secondary N) is 6. The molecule has 0 saturated heterocycles. The van der Waals surface area contributed by atoms with Crippen LogP contribution in [-0.2, 0) is 46.5 Å². The van der Waals surface area contributed by atoms with E-state index in [0.29, 0.717) is 68.2 Å². The van der Waals surface area contributed by atoms with E-state index in [0.717, 1.165) is 5.56 Å². The SMILES string of the molecule is CC[C@H](C)[C@H](NC(=O)C(NC(=O)[C@@H]1Cc2ccc(cc2)OCCCCC(=O)N[C@@H](C(C)C)C(=O)N1)Nc1ccc(OCCCNC(=O)OC(C)(C)C)cc1)C(=O)OCc1ccccc1. The van der Waals surface area contributed by atoms with E-state index >= 15 is 0 Å². The first kappa shape index (κ1) is 50.3. The molecule has 2 aliphatic heterocycles. The second-order valence-corrected chi connectivity index (χ2v) is 17.2. The molecule has 2 aliphatic rings. The van der Waals surface area contributed by atoms with E-state index < -0.39 is 59.7 Å². The molecule has 0 aliphatic carbocycles.